The smallest absolute Gasteiger partial charge is 0.253 e. The first-order chi connectivity index (χ1) is 15.4. The van der Waals surface area contributed by atoms with E-state index in [1.54, 1.807) is 41.4 Å². The Labute approximate surface area is 185 Å². The summed E-state index contributed by atoms with van der Waals surface area (Å²) in [5.41, 5.74) is 9.18. The average molecular weight is 433 g/mol. The van der Waals surface area contributed by atoms with Crippen LogP contribution in [0.3, 0.4) is 0 Å². The third-order valence-electron chi connectivity index (χ3n) is 5.52. The van der Waals surface area contributed by atoms with Gasteiger partial charge in [0, 0.05) is 48.9 Å². The number of benzene rings is 2. The number of piperidine rings is 1. The van der Waals surface area contributed by atoms with E-state index in [1.807, 2.05) is 6.07 Å². The molecule has 0 spiro atoms. The van der Waals surface area contributed by atoms with Gasteiger partial charge >= 0.3 is 0 Å². The van der Waals surface area contributed by atoms with Crippen molar-refractivity contribution in [2.45, 2.75) is 25.7 Å². The Hall–Kier alpha value is -3.81. The number of nitrogens with zero attached hydrogens (tertiary/aromatic N) is 3. The number of carbonyl (C=O) groups is 2. The van der Waals surface area contributed by atoms with Gasteiger partial charge in [-0.2, -0.15) is 0 Å². The summed E-state index contributed by atoms with van der Waals surface area (Å²) >= 11 is 0. The van der Waals surface area contributed by atoms with Gasteiger partial charge in [-0.25, -0.2) is 14.4 Å². The molecule has 1 atom stereocenters. The predicted octanol–water partition coefficient (Wildman–Crippen LogP) is 3.84. The Morgan fingerprint density at radius 2 is 1.97 bits per heavy atom. The van der Waals surface area contributed by atoms with Crippen LogP contribution in [-0.4, -0.2) is 39.8 Å². The second-order valence-electron chi connectivity index (χ2n) is 7.89. The highest BCUT2D eigenvalue weighted by atomic mass is 19.1. The first-order valence-corrected chi connectivity index (χ1v) is 10.5. The number of rotatable bonds is 4. The van der Waals surface area contributed by atoms with Crippen LogP contribution < -0.4 is 11.1 Å². The number of anilines is 2. The fourth-order valence-corrected chi connectivity index (χ4v) is 4.07. The van der Waals surface area contributed by atoms with Crippen molar-refractivity contribution in [1.82, 2.24) is 14.9 Å². The number of nitrogens with two attached hydrogens (primary N) is 1. The lowest BCUT2D eigenvalue weighted by Crippen LogP contribution is -2.39. The maximum atomic E-state index is 13.8. The molecule has 0 bridgehead atoms. The van der Waals surface area contributed by atoms with Crippen molar-refractivity contribution >= 4 is 23.5 Å². The zero-order valence-corrected chi connectivity index (χ0v) is 17.7. The summed E-state index contributed by atoms with van der Waals surface area (Å²) in [7, 11) is 0. The number of aromatic nitrogens is 2. The molecule has 8 heteroatoms. The van der Waals surface area contributed by atoms with Crippen LogP contribution in [0, 0.1) is 5.82 Å². The third kappa shape index (κ3) is 4.74. The maximum absolute atomic E-state index is 13.8. The van der Waals surface area contributed by atoms with Gasteiger partial charge in [0.1, 0.15) is 5.82 Å². The van der Waals surface area contributed by atoms with E-state index in [0.29, 0.717) is 29.9 Å². The van der Waals surface area contributed by atoms with Gasteiger partial charge in [0.25, 0.3) is 5.91 Å². The van der Waals surface area contributed by atoms with Crippen LogP contribution in [0.4, 0.5) is 16.0 Å². The van der Waals surface area contributed by atoms with Crippen LogP contribution in [0.5, 0.6) is 0 Å². The largest absolute Gasteiger partial charge is 0.368 e. The van der Waals surface area contributed by atoms with Gasteiger partial charge in [-0.15, -0.1) is 0 Å². The number of amides is 2. The Kier molecular flexibility index (Phi) is 6.11. The number of likely N-dealkylation sites (tertiary alicyclic amines) is 1. The summed E-state index contributed by atoms with van der Waals surface area (Å²) in [4.78, 5) is 34.7. The monoisotopic (exact) mass is 433 g/mol. The van der Waals surface area contributed by atoms with Crippen LogP contribution in [0.15, 0.2) is 54.7 Å². The molecule has 7 nitrogen and oxygen atoms in total. The lowest BCUT2D eigenvalue weighted by molar-refractivity contribution is -0.114. The molecule has 164 valence electrons. The Balaban J connectivity index is 1.57. The minimum Gasteiger partial charge on any atom is -0.368 e. The van der Waals surface area contributed by atoms with Gasteiger partial charge < -0.3 is 16.0 Å². The number of hydrogen-bond donors (Lipinski definition) is 2. The van der Waals surface area contributed by atoms with Crippen molar-refractivity contribution in [1.29, 1.82) is 0 Å². The Morgan fingerprint density at radius 3 is 2.69 bits per heavy atom. The van der Waals surface area contributed by atoms with Gasteiger partial charge in [0.2, 0.25) is 11.9 Å². The van der Waals surface area contributed by atoms with E-state index in [9.17, 15) is 14.0 Å². The van der Waals surface area contributed by atoms with E-state index < -0.39 is 0 Å². The van der Waals surface area contributed by atoms with E-state index in [2.05, 4.69) is 15.3 Å². The summed E-state index contributed by atoms with van der Waals surface area (Å²) in [5.74, 6) is -0.486. The highest BCUT2D eigenvalue weighted by Gasteiger charge is 2.28. The normalized spacial score (nSPS) is 15.9. The van der Waals surface area contributed by atoms with Crippen LogP contribution in [0.2, 0.25) is 0 Å². The van der Waals surface area contributed by atoms with Crippen molar-refractivity contribution < 1.29 is 14.0 Å². The molecule has 1 aliphatic rings. The lowest BCUT2D eigenvalue weighted by Gasteiger charge is -2.33. The summed E-state index contributed by atoms with van der Waals surface area (Å²) < 4.78 is 13.8. The summed E-state index contributed by atoms with van der Waals surface area (Å²) in [6.07, 6.45) is 3.27. The molecule has 3 aromatic rings. The molecular formula is C24H24FN5O2. The number of carbonyl (C=O) groups excluding carboxylic acids is 2. The number of nitrogens with one attached hydrogen (secondary N) is 1. The second-order valence-corrected chi connectivity index (χ2v) is 7.89. The molecule has 1 aromatic heterocycles. The van der Waals surface area contributed by atoms with Crippen molar-refractivity contribution in [2.75, 3.05) is 24.1 Å². The molecule has 0 saturated carbocycles. The fourth-order valence-electron chi connectivity index (χ4n) is 4.07. The highest BCUT2D eigenvalue weighted by molar-refractivity contribution is 5.95. The van der Waals surface area contributed by atoms with Gasteiger partial charge in [-0.3, -0.25) is 9.59 Å². The molecule has 2 amide bonds. The molecule has 1 saturated heterocycles. The minimum absolute atomic E-state index is 0.0464. The Morgan fingerprint density at radius 1 is 1.19 bits per heavy atom. The van der Waals surface area contributed by atoms with Crippen LogP contribution in [-0.2, 0) is 4.79 Å². The Bertz CT molecular complexity index is 1150. The van der Waals surface area contributed by atoms with Gasteiger partial charge in [0.15, 0.2) is 0 Å². The third-order valence-corrected chi connectivity index (χ3v) is 5.52. The fraction of sp³-hybridized carbons (Fsp3) is 0.250. The number of halogens is 1. The zero-order valence-electron chi connectivity index (χ0n) is 17.7. The second kappa shape index (κ2) is 9.13. The molecule has 0 aliphatic carbocycles. The van der Waals surface area contributed by atoms with E-state index >= 15 is 0 Å². The molecule has 1 unspecified atom stereocenters. The summed E-state index contributed by atoms with van der Waals surface area (Å²) in [6.45, 7) is 2.55. The van der Waals surface area contributed by atoms with E-state index in [-0.39, 0.29) is 29.5 Å². The molecule has 1 aliphatic heterocycles. The number of hydrogen-bond acceptors (Lipinski definition) is 5. The average Bonchev–Trinajstić information content (AvgIpc) is 2.79. The van der Waals surface area contributed by atoms with Crippen LogP contribution in [0.1, 0.15) is 41.7 Å². The lowest BCUT2D eigenvalue weighted by atomic mass is 9.89. The van der Waals surface area contributed by atoms with Gasteiger partial charge in [-0.1, -0.05) is 12.1 Å². The minimum atomic E-state index is -0.339. The van der Waals surface area contributed by atoms with Crippen molar-refractivity contribution in [3.63, 3.8) is 0 Å². The van der Waals surface area contributed by atoms with Crippen molar-refractivity contribution in [3.8, 4) is 11.1 Å². The topological polar surface area (TPSA) is 101 Å². The molecule has 4 rings (SSSR count). The molecule has 2 heterocycles. The van der Waals surface area contributed by atoms with E-state index in [0.717, 1.165) is 24.1 Å². The van der Waals surface area contributed by atoms with Crippen molar-refractivity contribution in [3.05, 3.63) is 71.8 Å². The standard InChI is InChI=1S/C24H24FN5O2/c1-15(31)28-20-9-7-16(8-10-20)23(32)30-11-3-5-18(14-30)22-21(13-27-24(26)29-22)17-4-2-6-19(25)12-17/h2,4,6-10,12-13,18H,3,5,11,14H2,1H3,(H,28,31)(H2,26,27,29). The van der Waals surface area contributed by atoms with Gasteiger partial charge in [0.05, 0.1) is 5.69 Å². The molecule has 0 radical (unpaired) electrons. The van der Waals surface area contributed by atoms with E-state index in [4.69, 9.17) is 5.73 Å². The maximum Gasteiger partial charge on any atom is 0.253 e. The summed E-state index contributed by atoms with van der Waals surface area (Å²) in [6, 6.07) is 13.1. The zero-order chi connectivity index (χ0) is 22.7. The number of nitrogen functional groups attached to an aromatic ring is 1. The van der Waals surface area contributed by atoms with Crippen molar-refractivity contribution in [2.24, 2.45) is 0 Å². The molecule has 1 fully saturated rings. The van der Waals surface area contributed by atoms with E-state index in [1.165, 1.54) is 19.1 Å². The molecule has 3 N–H and O–H groups in total. The quantitative estimate of drug-likeness (QED) is 0.651. The SMILES string of the molecule is CC(=O)Nc1ccc(C(=O)N2CCCC(c3nc(N)ncc3-c3cccc(F)c3)C2)cc1. The van der Waals surface area contributed by atoms with Crippen LogP contribution >= 0.6 is 0 Å². The molecule has 2 aromatic carbocycles. The van der Waals surface area contributed by atoms with Crippen LogP contribution in [0.25, 0.3) is 11.1 Å². The van der Waals surface area contributed by atoms with Gasteiger partial charge in [-0.05, 0) is 54.8 Å². The highest BCUT2D eigenvalue weighted by Crippen LogP contribution is 2.34. The predicted molar refractivity (Wildman–Crippen MR) is 120 cm³/mol. The molecular weight excluding hydrogens is 409 g/mol. The first-order valence-electron chi connectivity index (χ1n) is 10.5. The molecule has 32 heavy (non-hydrogen) atoms. The first kappa shape index (κ1) is 21.4. The summed E-state index contributed by atoms with van der Waals surface area (Å²) in [5, 5.41) is 2.69.